The normalized spacial score (nSPS) is 19.9. The first kappa shape index (κ1) is 34.4. The van der Waals surface area contributed by atoms with Crippen LogP contribution < -0.4 is 4.74 Å². The van der Waals surface area contributed by atoms with Crippen LogP contribution in [0.25, 0.3) is 0 Å². The van der Waals surface area contributed by atoms with Gasteiger partial charge in [-0.25, -0.2) is 8.78 Å². The molecule has 0 spiro atoms. The van der Waals surface area contributed by atoms with Gasteiger partial charge in [0, 0.05) is 75.3 Å². The number of nitrogens with zero attached hydrogens (tertiary/aromatic N) is 3. The van der Waals surface area contributed by atoms with Crippen LogP contribution in [0, 0.1) is 0 Å². The summed E-state index contributed by atoms with van der Waals surface area (Å²) in [6, 6.07) is 10.0. The maximum atomic E-state index is 13.6. The first-order valence-corrected chi connectivity index (χ1v) is 13.0. The van der Waals surface area contributed by atoms with Crippen LogP contribution in [0.5, 0.6) is 5.75 Å². The van der Waals surface area contributed by atoms with E-state index in [1.807, 2.05) is 17.0 Å². The Hall–Kier alpha value is -1.85. The monoisotopic (exact) mass is 631 g/mol. The Morgan fingerprint density at radius 2 is 1.60 bits per heavy atom. The number of halogens is 8. The maximum absolute atomic E-state index is 13.6. The summed E-state index contributed by atoms with van der Waals surface area (Å²) in [7, 11) is 1.26. The number of amides is 1. The third kappa shape index (κ3) is 9.08. The summed E-state index contributed by atoms with van der Waals surface area (Å²) in [5, 5.41) is 0.579. The van der Waals surface area contributed by atoms with Crippen molar-refractivity contribution in [2.45, 2.75) is 37.4 Å². The molecule has 0 aliphatic carbocycles. The summed E-state index contributed by atoms with van der Waals surface area (Å²) >= 11 is 6.02. The summed E-state index contributed by atoms with van der Waals surface area (Å²) in [6.45, 7) is 3.35. The van der Waals surface area contributed by atoms with Gasteiger partial charge in [-0.15, -0.1) is 24.8 Å². The molecule has 1 amide bonds. The number of hydrogen-bond donors (Lipinski definition) is 0. The SMILES string of the molecule is COc1cc(C(=O)N2CCN(CCN3CCC(F)(F)CC3)C[C@H]2Cc2ccc(Cl)cc2)cc(C(F)(F)F)c1.Cl.Cl. The predicted octanol–water partition coefficient (Wildman–Crippen LogP) is 6.31. The molecule has 2 aromatic carbocycles. The van der Waals surface area contributed by atoms with E-state index in [0.29, 0.717) is 57.3 Å². The Balaban J connectivity index is 0.00000280. The van der Waals surface area contributed by atoms with E-state index < -0.39 is 23.6 Å². The molecule has 0 N–H and O–H groups in total. The third-order valence-corrected chi connectivity index (χ3v) is 7.50. The Bertz CT molecular complexity index is 1110. The zero-order chi connectivity index (χ0) is 27.5. The zero-order valence-electron chi connectivity index (χ0n) is 21.9. The van der Waals surface area contributed by atoms with E-state index in [0.717, 1.165) is 17.7 Å². The average molecular weight is 633 g/mol. The molecular formula is C27H33Cl3F5N3O2. The molecule has 2 heterocycles. The van der Waals surface area contributed by atoms with Crippen LogP contribution in [0.2, 0.25) is 5.02 Å². The van der Waals surface area contributed by atoms with E-state index in [2.05, 4.69) is 4.90 Å². The van der Waals surface area contributed by atoms with Crippen molar-refractivity contribution >= 4 is 42.3 Å². The summed E-state index contributed by atoms with van der Waals surface area (Å²) in [5.41, 5.74) is -0.0837. The fourth-order valence-corrected chi connectivity index (χ4v) is 5.14. The highest BCUT2D eigenvalue weighted by molar-refractivity contribution is 6.30. The topological polar surface area (TPSA) is 36.0 Å². The molecule has 0 bridgehead atoms. The number of alkyl halides is 5. The standard InChI is InChI=1S/C27H31ClF5N3O2.2ClH/c1-38-24-16-20(15-21(17-24)27(31,32)33)25(37)36-13-12-35(11-10-34-8-6-26(29,30)7-9-34)18-23(36)14-19-2-4-22(28)5-3-19;;/h2-5,15-17,23H,6-14,18H2,1H3;2*1H/t23-;;/m1../s1. The fourth-order valence-electron chi connectivity index (χ4n) is 5.01. The minimum Gasteiger partial charge on any atom is -0.497 e. The van der Waals surface area contributed by atoms with Gasteiger partial charge in [0.05, 0.1) is 12.7 Å². The Morgan fingerprint density at radius 1 is 0.975 bits per heavy atom. The van der Waals surface area contributed by atoms with Gasteiger partial charge in [-0.3, -0.25) is 9.69 Å². The number of carbonyl (C=O) groups excluding carboxylic acids is 1. The van der Waals surface area contributed by atoms with Crippen LogP contribution in [0.3, 0.4) is 0 Å². The highest BCUT2D eigenvalue weighted by Crippen LogP contribution is 2.33. The highest BCUT2D eigenvalue weighted by atomic mass is 35.5. The molecule has 1 atom stereocenters. The highest BCUT2D eigenvalue weighted by Gasteiger charge is 2.36. The van der Waals surface area contributed by atoms with Gasteiger partial charge < -0.3 is 14.5 Å². The molecule has 4 rings (SSSR count). The van der Waals surface area contributed by atoms with E-state index >= 15 is 0 Å². The lowest BCUT2D eigenvalue weighted by Crippen LogP contribution is -2.57. The molecule has 40 heavy (non-hydrogen) atoms. The van der Waals surface area contributed by atoms with Gasteiger partial charge in [0.15, 0.2) is 0 Å². The number of carbonyl (C=O) groups is 1. The number of ether oxygens (including phenoxy) is 1. The molecule has 5 nitrogen and oxygen atoms in total. The molecule has 2 aliphatic rings. The van der Waals surface area contributed by atoms with Crippen molar-refractivity contribution in [3.63, 3.8) is 0 Å². The number of piperidine rings is 1. The van der Waals surface area contributed by atoms with Crippen LogP contribution in [0.1, 0.15) is 34.3 Å². The molecule has 2 fully saturated rings. The lowest BCUT2D eigenvalue weighted by molar-refractivity contribution is -0.137. The van der Waals surface area contributed by atoms with Crippen molar-refractivity contribution < 1.29 is 31.5 Å². The summed E-state index contributed by atoms with van der Waals surface area (Å²) in [4.78, 5) is 19.4. The summed E-state index contributed by atoms with van der Waals surface area (Å²) < 4.78 is 72.5. The van der Waals surface area contributed by atoms with E-state index in [-0.39, 0.29) is 55.0 Å². The van der Waals surface area contributed by atoms with E-state index in [4.69, 9.17) is 16.3 Å². The van der Waals surface area contributed by atoms with Gasteiger partial charge in [0.2, 0.25) is 0 Å². The van der Waals surface area contributed by atoms with Gasteiger partial charge in [-0.1, -0.05) is 23.7 Å². The second-order valence-electron chi connectivity index (χ2n) is 9.93. The number of likely N-dealkylation sites (tertiary alicyclic amines) is 1. The summed E-state index contributed by atoms with van der Waals surface area (Å²) in [6.07, 6.45) is -4.42. The predicted molar refractivity (Wildman–Crippen MR) is 150 cm³/mol. The molecule has 0 aromatic heterocycles. The van der Waals surface area contributed by atoms with Crippen molar-refractivity contribution in [3.05, 3.63) is 64.2 Å². The van der Waals surface area contributed by atoms with Gasteiger partial charge >= 0.3 is 6.18 Å². The van der Waals surface area contributed by atoms with Crippen molar-refractivity contribution in [2.24, 2.45) is 0 Å². The number of rotatable bonds is 7. The largest absolute Gasteiger partial charge is 0.497 e. The first-order chi connectivity index (χ1) is 17.9. The van der Waals surface area contributed by atoms with Crippen LogP contribution in [-0.2, 0) is 12.6 Å². The zero-order valence-corrected chi connectivity index (χ0v) is 24.3. The molecular weight excluding hydrogens is 600 g/mol. The molecule has 2 saturated heterocycles. The summed E-state index contributed by atoms with van der Waals surface area (Å²) in [5.74, 6) is -3.13. The van der Waals surface area contributed by atoms with E-state index in [1.54, 1.807) is 17.0 Å². The van der Waals surface area contributed by atoms with Crippen molar-refractivity contribution in [2.75, 3.05) is 52.9 Å². The lowest BCUT2D eigenvalue weighted by atomic mass is 10.00. The Morgan fingerprint density at radius 3 is 2.20 bits per heavy atom. The molecule has 0 saturated carbocycles. The van der Waals surface area contributed by atoms with Gasteiger partial charge in [-0.05, 0) is 42.3 Å². The number of piperazine rings is 1. The van der Waals surface area contributed by atoms with Gasteiger partial charge in [0.1, 0.15) is 5.75 Å². The molecule has 13 heteroatoms. The van der Waals surface area contributed by atoms with E-state index in [1.165, 1.54) is 13.2 Å². The van der Waals surface area contributed by atoms with Crippen LogP contribution in [0.4, 0.5) is 22.0 Å². The van der Waals surface area contributed by atoms with Crippen molar-refractivity contribution in [1.29, 1.82) is 0 Å². The smallest absolute Gasteiger partial charge is 0.416 e. The van der Waals surface area contributed by atoms with Crippen LogP contribution in [0.15, 0.2) is 42.5 Å². The van der Waals surface area contributed by atoms with Crippen LogP contribution >= 0.6 is 36.4 Å². The number of methoxy groups -OCH3 is 1. The third-order valence-electron chi connectivity index (χ3n) is 7.25. The number of benzene rings is 2. The first-order valence-electron chi connectivity index (χ1n) is 12.6. The Labute approximate surface area is 248 Å². The van der Waals surface area contributed by atoms with Gasteiger partial charge in [-0.2, -0.15) is 13.2 Å². The van der Waals surface area contributed by atoms with Gasteiger partial charge in [0.25, 0.3) is 11.8 Å². The van der Waals surface area contributed by atoms with E-state index in [9.17, 15) is 26.7 Å². The van der Waals surface area contributed by atoms with Crippen LogP contribution in [-0.4, -0.2) is 85.5 Å². The second-order valence-corrected chi connectivity index (χ2v) is 10.4. The molecule has 2 aromatic rings. The molecule has 224 valence electrons. The maximum Gasteiger partial charge on any atom is 0.416 e. The molecule has 0 radical (unpaired) electrons. The molecule has 0 unspecified atom stereocenters. The minimum atomic E-state index is -4.62. The fraction of sp³-hybridized carbons (Fsp3) is 0.519. The molecule has 2 aliphatic heterocycles. The van der Waals surface area contributed by atoms with Crippen molar-refractivity contribution in [1.82, 2.24) is 14.7 Å². The van der Waals surface area contributed by atoms with Crippen molar-refractivity contribution in [3.8, 4) is 5.75 Å². The Kier molecular flexibility index (Phi) is 12.3. The second kappa shape index (κ2) is 14.4. The minimum absolute atomic E-state index is 0. The lowest BCUT2D eigenvalue weighted by Gasteiger charge is -2.42. The average Bonchev–Trinajstić information content (AvgIpc) is 2.88. The number of hydrogen-bond acceptors (Lipinski definition) is 4. The quantitative estimate of drug-likeness (QED) is 0.335.